The van der Waals surface area contributed by atoms with Gasteiger partial charge in [-0.2, -0.15) is 0 Å². The largest absolute Gasteiger partial charge is 0.244 e. The molecule has 5 heteroatoms. The van der Waals surface area contributed by atoms with E-state index in [0.29, 0.717) is 12.8 Å². The van der Waals surface area contributed by atoms with Gasteiger partial charge in [-0.1, -0.05) is 31.8 Å². The van der Waals surface area contributed by atoms with Crippen molar-refractivity contribution in [3.8, 4) is 11.5 Å². The standard InChI is InChI=1S/C14H19NO2SSi/c1-19(2,3)13-9-5-4-8-12-18(16,17)14-10-6-7-11-15-14/h6-8,10-12H,4-5H2,1-3H3/b12-8+. The number of hydrogen-bond donors (Lipinski definition) is 0. The molecule has 102 valence electrons. The minimum absolute atomic E-state index is 0.0828. The molecule has 0 spiro atoms. The average Bonchev–Trinajstić information content (AvgIpc) is 2.33. The molecule has 0 saturated carbocycles. The molecule has 0 N–H and O–H groups in total. The second kappa shape index (κ2) is 6.69. The van der Waals surface area contributed by atoms with Gasteiger partial charge in [0.2, 0.25) is 9.84 Å². The highest BCUT2D eigenvalue weighted by Gasteiger charge is 2.10. The Hall–Kier alpha value is -1.38. The molecule has 1 aromatic rings. The van der Waals surface area contributed by atoms with Crippen molar-refractivity contribution in [2.45, 2.75) is 37.5 Å². The first-order valence-electron chi connectivity index (χ1n) is 6.14. The molecular weight excluding hydrogens is 274 g/mol. The van der Waals surface area contributed by atoms with Crippen molar-refractivity contribution in [1.82, 2.24) is 4.98 Å². The maximum atomic E-state index is 11.8. The molecule has 1 rings (SSSR count). The third kappa shape index (κ3) is 6.37. The second-order valence-electron chi connectivity index (χ2n) is 5.18. The van der Waals surface area contributed by atoms with Gasteiger partial charge >= 0.3 is 0 Å². The Morgan fingerprint density at radius 1 is 1.32 bits per heavy atom. The van der Waals surface area contributed by atoms with Gasteiger partial charge in [-0.25, -0.2) is 13.4 Å². The number of aromatic nitrogens is 1. The summed E-state index contributed by atoms with van der Waals surface area (Å²) in [5.41, 5.74) is 3.24. The van der Waals surface area contributed by atoms with Crippen LogP contribution in [0, 0.1) is 11.5 Å². The fraction of sp³-hybridized carbons (Fsp3) is 0.357. The van der Waals surface area contributed by atoms with Gasteiger partial charge in [-0.05, 0) is 18.6 Å². The third-order valence-electron chi connectivity index (χ3n) is 2.10. The van der Waals surface area contributed by atoms with E-state index in [2.05, 4.69) is 36.1 Å². The lowest BCUT2D eigenvalue weighted by Gasteiger charge is -2.02. The fourth-order valence-corrected chi connectivity index (χ4v) is 2.92. The van der Waals surface area contributed by atoms with Crippen LogP contribution >= 0.6 is 0 Å². The smallest absolute Gasteiger partial charge is 0.216 e. The topological polar surface area (TPSA) is 47.0 Å². The van der Waals surface area contributed by atoms with E-state index in [0.717, 1.165) is 0 Å². The normalized spacial score (nSPS) is 12.2. The van der Waals surface area contributed by atoms with E-state index >= 15 is 0 Å². The summed E-state index contributed by atoms with van der Waals surface area (Å²) < 4.78 is 23.7. The summed E-state index contributed by atoms with van der Waals surface area (Å²) in [6.07, 6.45) is 4.45. The van der Waals surface area contributed by atoms with Crippen LogP contribution in [0.2, 0.25) is 19.6 Å². The van der Waals surface area contributed by atoms with Gasteiger partial charge in [0.1, 0.15) is 8.07 Å². The van der Waals surface area contributed by atoms with Crippen LogP contribution in [0.25, 0.3) is 0 Å². The van der Waals surface area contributed by atoms with Crippen LogP contribution in [-0.4, -0.2) is 21.5 Å². The van der Waals surface area contributed by atoms with Crippen molar-refractivity contribution in [2.24, 2.45) is 0 Å². The summed E-state index contributed by atoms with van der Waals surface area (Å²) in [6, 6.07) is 4.84. The molecule has 0 aliphatic carbocycles. The van der Waals surface area contributed by atoms with Crippen molar-refractivity contribution in [2.75, 3.05) is 0 Å². The maximum absolute atomic E-state index is 11.8. The average molecular weight is 293 g/mol. The van der Waals surface area contributed by atoms with Crippen LogP contribution in [0.15, 0.2) is 40.9 Å². The lowest BCUT2D eigenvalue weighted by molar-refractivity contribution is 0.601. The van der Waals surface area contributed by atoms with Crippen molar-refractivity contribution >= 4 is 17.9 Å². The molecule has 0 aromatic carbocycles. The first-order valence-corrected chi connectivity index (χ1v) is 11.2. The Kier molecular flexibility index (Phi) is 5.52. The van der Waals surface area contributed by atoms with Gasteiger partial charge in [0, 0.05) is 18.0 Å². The third-order valence-corrected chi connectivity index (χ3v) is 4.41. The van der Waals surface area contributed by atoms with E-state index in [1.807, 2.05) is 0 Å². The quantitative estimate of drug-likeness (QED) is 0.487. The van der Waals surface area contributed by atoms with E-state index in [4.69, 9.17) is 0 Å². The lowest BCUT2D eigenvalue weighted by atomic mass is 10.3. The highest BCUT2D eigenvalue weighted by Crippen LogP contribution is 2.08. The van der Waals surface area contributed by atoms with Crippen molar-refractivity contribution in [1.29, 1.82) is 0 Å². The van der Waals surface area contributed by atoms with Crippen molar-refractivity contribution in [3.05, 3.63) is 35.9 Å². The number of sulfone groups is 1. The molecule has 0 bridgehead atoms. The first kappa shape index (κ1) is 15.7. The SMILES string of the molecule is C[Si](C)(C)C#CCC/C=C/S(=O)(=O)c1ccccn1. The predicted molar refractivity (Wildman–Crippen MR) is 80.9 cm³/mol. The molecule has 1 heterocycles. The summed E-state index contributed by atoms with van der Waals surface area (Å²) in [4.78, 5) is 3.84. The number of hydrogen-bond acceptors (Lipinski definition) is 3. The van der Waals surface area contributed by atoms with Gasteiger partial charge < -0.3 is 0 Å². The van der Waals surface area contributed by atoms with Crippen LogP contribution in [0.1, 0.15) is 12.8 Å². The van der Waals surface area contributed by atoms with Crippen LogP contribution in [0.3, 0.4) is 0 Å². The Bertz CT molecular complexity index is 590. The molecule has 0 aliphatic heterocycles. The Balaban J connectivity index is 2.56. The van der Waals surface area contributed by atoms with Gasteiger partial charge in [-0.15, -0.1) is 11.5 Å². The molecule has 0 fully saturated rings. The van der Waals surface area contributed by atoms with Crippen LogP contribution < -0.4 is 0 Å². The number of pyridine rings is 1. The van der Waals surface area contributed by atoms with Crippen LogP contribution in [-0.2, 0) is 9.84 Å². The Morgan fingerprint density at radius 3 is 2.63 bits per heavy atom. The predicted octanol–water partition coefficient (Wildman–Crippen LogP) is 3.03. The number of allylic oxidation sites excluding steroid dienone is 1. The summed E-state index contributed by atoms with van der Waals surface area (Å²) in [5.74, 6) is 3.10. The number of unbranched alkanes of at least 4 members (excludes halogenated alkanes) is 1. The lowest BCUT2D eigenvalue weighted by Crippen LogP contribution is -2.16. The molecule has 0 atom stereocenters. The monoisotopic (exact) mass is 293 g/mol. The molecule has 0 amide bonds. The van der Waals surface area contributed by atoms with Gasteiger partial charge in [0.25, 0.3) is 0 Å². The summed E-state index contributed by atoms with van der Waals surface area (Å²) in [7, 11) is -4.73. The maximum Gasteiger partial charge on any atom is 0.216 e. The van der Waals surface area contributed by atoms with Gasteiger partial charge in [0.15, 0.2) is 5.03 Å². The van der Waals surface area contributed by atoms with Crippen molar-refractivity contribution in [3.63, 3.8) is 0 Å². The Morgan fingerprint density at radius 2 is 2.05 bits per heavy atom. The van der Waals surface area contributed by atoms with E-state index in [1.165, 1.54) is 17.7 Å². The summed E-state index contributed by atoms with van der Waals surface area (Å²) in [6.45, 7) is 6.55. The number of nitrogens with zero attached hydrogens (tertiary/aromatic N) is 1. The number of rotatable bonds is 4. The molecule has 0 aliphatic rings. The minimum Gasteiger partial charge on any atom is -0.244 e. The van der Waals surface area contributed by atoms with Crippen LogP contribution in [0.5, 0.6) is 0 Å². The molecule has 0 saturated heterocycles. The first-order chi connectivity index (χ1) is 8.81. The molecule has 19 heavy (non-hydrogen) atoms. The van der Waals surface area contributed by atoms with Gasteiger partial charge in [0.05, 0.1) is 0 Å². The molecule has 0 radical (unpaired) electrons. The van der Waals surface area contributed by atoms with Crippen molar-refractivity contribution < 1.29 is 8.42 Å². The molecule has 0 unspecified atom stereocenters. The minimum atomic E-state index is -3.41. The van der Waals surface area contributed by atoms with Gasteiger partial charge in [-0.3, -0.25) is 0 Å². The van der Waals surface area contributed by atoms with E-state index in [1.54, 1.807) is 18.2 Å². The van der Waals surface area contributed by atoms with Crippen LogP contribution in [0.4, 0.5) is 0 Å². The fourth-order valence-electron chi connectivity index (χ4n) is 1.26. The zero-order valence-corrected chi connectivity index (χ0v) is 13.4. The highest BCUT2D eigenvalue weighted by atomic mass is 32.2. The highest BCUT2D eigenvalue weighted by molar-refractivity contribution is 7.94. The second-order valence-corrected chi connectivity index (χ2v) is 11.7. The summed E-state index contributed by atoms with van der Waals surface area (Å²) >= 11 is 0. The van der Waals surface area contributed by atoms with E-state index < -0.39 is 17.9 Å². The zero-order chi connectivity index (χ0) is 14.4. The van der Waals surface area contributed by atoms with E-state index in [-0.39, 0.29) is 5.03 Å². The van der Waals surface area contributed by atoms with E-state index in [9.17, 15) is 8.42 Å². The molecular formula is C14H19NO2SSi. The Labute approximate surface area is 116 Å². The summed E-state index contributed by atoms with van der Waals surface area (Å²) in [5, 5.41) is 1.30. The molecule has 3 nitrogen and oxygen atoms in total. The molecule has 1 aromatic heterocycles. The zero-order valence-electron chi connectivity index (χ0n) is 11.6.